The summed E-state index contributed by atoms with van der Waals surface area (Å²) < 4.78 is 23.3. The van der Waals surface area contributed by atoms with E-state index >= 15 is 0 Å². The number of amides is 1. The molecule has 6 nitrogen and oxygen atoms in total. The van der Waals surface area contributed by atoms with Crippen molar-refractivity contribution in [1.29, 1.82) is 0 Å². The Morgan fingerprint density at radius 3 is 2.30 bits per heavy atom. The van der Waals surface area contributed by atoms with Gasteiger partial charge in [-0.25, -0.2) is 14.0 Å². The SMILES string of the molecule is C[C@@H](OCc1ccc(F)cc1)[C@H](NC(=O)OC(C)(C)C)C(=O)O. The summed E-state index contributed by atoms with van der Waals surface area (Å²) in [6, 6.07) is 4.40. The average Bonchev–Trinajstić information content (AvgIpc) is 2.41. The molecule has 0 heterocycles. The van der Waals surface area contributed by atoms with Crippen molar-refractivity contribution in [2.24, 2.45) is 0 Å². The maximum Gasteiger partial charge on any atom is 0.408 e. The van der Waals surface area contributed by atoms with E-state index in [1.54, 1.807) is 32.9 Å². The summed E-state index contributed by atoms with van der Waals surface area (Å²) >= 11 is 0. The fourth-order valence-electron chi connectivity index (χ4n) is 1.72. The number of alkyl carbamates (subject to hydrolysis) is 1. The first-order chi connectivity index (χ1) is 10.6. The Kier molecular flexibility index (Phi) is 6.50. The van der Waals surface area contributed by atoms with E-state index < -0.39 is 29.8 Å². The van der Waals surface area contributed by atoms with Crippen LogP contribution >= 0.6 is 0 Å². The highest BCUT2D eigenvalue weighted by Crippen LogP contribution is 2.10. The number of carboxylic acids is 1. The second kappa shape index (κ2) is 7.92. The summed E-state index contributed by atoms with van der Waals surface area (Å²) in [7, 11) is 0. The number of carbonyl (C=O) groups is 2. The number of hydrogen-bond donors (Lipinski definition) is 2. The fourth-order valence-corrected chi connectivity index (χ4v) is 1.72. The second-order valence-electron chi connectivity index (χ2n) is 6.10. The molecule has 0 fully saturated rings. The highest BCUT2D eigenvalue weighted by Gasteiger charge is 2.29. The number of carbonyl (C=O) groups excluding carboxylic acids is 1. The van der Waals surface area contributed by atoms with Gasteiger partial charge in [0, 0.05) is 0 Å². The molecule has 0 saturated heterocycles. The lowest BCUT2D eigenvalue weighted by Crippen LogP contribution is -2.50. The first-order valence-electron chi connectivity index (χ1n) is 7.17. The lowest BCUT2D eigenvalue weighted by atomic mass is 10.1. The van der Waals surface area contributed by atoms with Gasteiger partial charge < -0.3 is 19.9 Å². The Hall–Kier alpha value is -2.15. The van der Waals surface area contributed by atoms with Crippen molar-refractivity contribution in [3.8, 4) is 0 Å². The van der Waals surface area contributed by atoms with Gasteiger partial charge in [-0.1, -0.05) is 12.1 Å². The minimum atomic E-state index is -1.26. The van der Waals surface area contributed by atoms with E-state index in [9.17, 15) is 19.1 Å². The van der Waals surface area contributed by atoms with Crippen LogP contribution in [0, 0.1) is 5.82 Å². The molecule has 0 bridgehead atoms. The molecule has 0 saturated carbocycles. The zero-order chi connectivity index (χ0) is 17.6. The first-order valence-corrected chi connectivity index (χ1v) is 7.17. The highest BCUT2D eigenvalue weighted by atomic mass is 19.1. The Labute approximate surface area is 134 Å². The predicted molar refractivity (Wildman–Crippen MR) is 81.4 cm³/mol. The normalized spacial score (nSPS) is 14.0. The van der Waals surface area contributed by atoms with Crippen molar-refractivity contribution in [2.75, 3.05) is 0 Å². The molecule has 0 unspecified atom stereocenters. The molecule has 0 spiro atoms. The molecular weight excluding hydrogens is 305 g/mol. The van der Waals surface area contributed by atoms with Crippen molar-refractivity contribution >= 4 is 12.1 Å². The molecule has 1 aromatic carbocycles. The lowest BCUT2D eigenvalue weighted by molar-refractivity contribution is -0.143. The van der Waals surface area contributed by atoms with Crippen molar-refractivity contribution < 1.29 is 28.6 Å². The summed E-state index contributed by atoms with van der Waals surface area (Å²) in [6.45, 7) is 6.66. The Balaban J connectivity index is 2.60. The smallest absolute Gasteiger partial charge is 0.408 e. The minimum Gasteiger partial charge on any atom is -0.480 e. The van der Waals surface area contributed by atoms with Crippen molar-refractivity contribution in [1.82, 2.24) is 5.32 Å². The van der Waals surface area contributed by atoms with E-state index in [-0.39, 0.29) is 12.4 Å². The van der Waals surface area contributed by atoms with Gasteiger partial charge in [0.05, 0.1) is 12.7 Å². The molecule has 1 aromatic rings. The van der Waals surface area contributed by atoms with E-state index in [1.807, 2.05) is 0 Å². The predicted octanol–water partition coefficient (Wildman–Crippen LogP) is 2.71. The number of nitrogens with one attached hydrogen (secondary N) is 1. The molecule has 128 valence electrons. The summed E-state index contributed by atoms with van der Waals surface area (Å²) in [4.78, 5) is 23.0. The van der Waals surface area contributed by atoms with Gasteiger partial charge in [-0.2, -0.15) is 0 Å². The molecular formula is C16H22FNO5. The van der Waals surface area contributed by atoms with Gasteiger partial charge in [-0.3, -0.25) is 0 Å². The zero-order valence-electron chi connectivity index (χ0n) is 13.6. The number of rotatable bonds is 6. The van der Waals surface area contributed by atoms with Gasteiger partial charge in [0.1, 0.15) is 11.4 Å². The summed E-state index contributed by atoms with van der Waals surface area (Å²) in [5, 5.41) is 11.5. The van der Waals surface area contributed by atoms with Crippen LogP contribution < -0.4 is 5.32 Å². The zero-order valence-corrected chi connectivity index (χ0v) is 13.6. The molecule has 23 heavy (non-hydrogen) atoms. The average molecular weight is 327 g/mol. The largest absolute Gasteiger partial charge is 0.480 e. The minimum absolute atomic E-state index is 0.0984. The van der Waals surface area contributed by atoms with Gasteiger partial charge in [-0.05, 0) is 45.4 Å². The molecule has 1 rings (SSSR count). The van der Waals surface area contributed by atoms with Crippen LogP contribution in [0.1, 0.15) is 33.3 Å². The number of hydrogen-bond acceptors (Lipinski definition) is 4. The number of aliphatic carboxylic acids is 1. The van der Waals surface area contributed by atoms with E-state index in [2.05, 4.69) is 5.32 Å². The third-order valence-corrected chi connectivity index (χ3v) is 2.83. The van der Waals surface area contributed by atoms with E-state index in [1.165, 1.54) is 19.1 Å². The molecule has 1 amide bonds. The van der Waals surface area contributed by atoms with Crippen LogP contribution in [0.4, 0.5) is 9.18 Å². The van der Waals surface area contributed by atoms with Crippen molar-refractivity contribution in [3.63, 3.8) is 0 Å². The quantitative estimate of drug-likeness (QED) is 0.839. The van der Waals surface area contributed by atoms with Crippen LogP contribution in [0.25, 0.3) is 0 Å². The molecule has 0 radical (unpaired) electrons. The topological polar surface area (TPSA) is 84.9 Å². The van der Waals surface area contributed by atoms with E-state index in [0.717, 1.165) is 0 Å². The third-order valence-electron chi connectivity index (χ3n) is 2.83. The number of carboxylic acid groups (broad SMARTS) is 1. The third kappa shape index (κ3) is 7.10. The van der Waals surface area contributed by atoms with E-state index in [0.29, 0.717) is 5.56 Å². The number of benzene rings is 1. The Morgan fingerprint density at radius 1 is 1.26 bits per heavy atom. The van der Waals surface area contributed by atoms with Gasteiger partial charge in [0.2, 0.25) is 0 Å². The number of halogens is 1. The van der Waals surface area contributed by atoms with Gasteiger partial charge in [-0.15, -0.1) is 0 Å². The highest BCUT2D eigenvalue weighted by molar-refractivity contribution is 5.80. The summed E-state index contributed by atoms with van der Waals surface area (Å²) in [5.41, 5.74) is -0.0367. The van der Waals surface area contributed by atoms with Crippen LogP contribution in [0.3, 0.4) is 0 Å². The maximum atomic E-state index is 12.8. The van der Waals surface area contributed by atoms with Gasteiger partial charge in [0.25, 0.3) is 0 Å². The Bertz CT molecular complexity index is 538. The number of ether oxygens (including phenoxy) is 2. The van der Waals surface area contributed by atoms with Gasteiger partial charge >= 0.3 is 12.1 Å². The van der Waals surface area contributed by atoms with Crippen LogP contribution in [-0.2, 0) is 20.9 Å². The van der Waals surface area contributed by atoms with Crippen LogP contribution in [0.5, 0.6) is 0 Å². The maximum absolute atomic E-state index is 12.8. The standard InChI is InChI=1S/C16H22FNO5/c1-10(22-9-11-5-7-12(17)8-6-11)13(14(19)20)18-15(21)23-16(2,3)4/h5-8,10,13H,9H2,1-4H3,(H,18,21)(H,19,20)/t10-,13+/m1/s1. The molecule has 0 aliphatic rings. The summed E-state index contributed by atoms with van der Waals surface area (Å²) in [5.74, 6) is -1.60. The first kappa shape index (κ1) is 18.9. The van der Waals surface area contributed by atoms with Crippen molar-refractivity contribution in [2.45, 2.75) is 52.0 Å². The molecule has 2 N–H and O–H groups in total. The fraction of sp³-hybridized carbons (Fsp3) is 0.500. The van der Waals surface area contributed by atoms with Gasteiger partial charge in [0.15, 0.2) is 6.04 Å². The molecule has 0 aromatic heterocycles. The van der Waals surface area contributed by atoms with E-state index in [4.69, 9.17) is 9.47 Å². The second-order valence-corrected chi connectivity index (χ2v) is 6.10. The van der Waals surface area contributed by atoms with Crippen LogP contribution in [0.2, 0.25) is 0 Å². The van der Waals surface area contributed by atoms with Crippen LogP contribution in [-0.4, -0.2) is 34.9 Å². The lowest BCUT2D eigenvalue weighted by Gasteiger charge is -2.25. The molecule has 7 heteroatoms. The monoisotopic (exact) mass is 327 g/mol. The molecule has 0 aliphatic carbocycles. The molecule has 0 aliphatic heterocycles. The van der Waals surface area contributed by atoms with Crippen molar-refractivity contribution in [3.05, 3.63) is 35.6 Å². The summed E-state index contributed by atoms with van der Waals surface area (Å²) in [6.07, 6.45) is -1.63. The molecule has 2 atom stereocenters. The Morgan fingerprint density at radius 2 is 1.83 bits per heavy atom. The van der Waals surface area contributed by atoms with Crippen LogP contribution in [0.15, 0.2) is 24.3 Å².